The summed E-state index contributed by atoms with van der Waals surface area (Å²) < 4.78 is 0. The molecule has 0 spiro atoms. The second-order valence-electron chi connectivity index (χ2n) is 5.39. The van der Waals surface area contributed by atoms with Crippen LogP contribution in [0.4, 0.5) is 0 Å². The van der Waals surface area contributed by atoms with E-state index in [1.807, 2.05) is 0 Å². The fourth-order valence-electron chi connectivity index (χ4n) is 2.85. The molecule has 2 rings (SSSR count). The zero-order valence-electron chi connectivity index (χ0n) is 9.60. The molecule has 2 saturated carbocycles. The van der Waals surface area contributed by atoms with Gasteiger partial charge in [-0.15, -0.1) is 0 Å². The molecular weight excluding hydrogens is 170 g/mol. The first kappa shape index (κ1) is 10.5. The first-order valence-electron chi connectivity index (χ1n) is 6.59. The Hall–Kier alpha value is -0.0400. The molecule has 1 heteroatoms. The van der Waals surface area contributed by atoms with Crippen molar-refractivity contribution in [3.05, 3.63) is 0 Å². The van der Waals surface area contributed by atoms with E-state index in [4.69, 9.17) is 0 Å². The lowest BCUT2D eigenvalue weighted by Gasteiger charge is -2.32. The molecule has 2 aliphatic rings. The lowest BCUT2D eigenvalue weighted by atomic mass is 9.82. The van der Waals surface area contributed by atoms with Gasteiger partial charge in [0, 0.05) is 6.04 Å². The maximum absolute atomic E-state index is 3.75. The van der Waals surface area contributed by atoms with E-state index >= 15 is 0 Å². The maximum atomic E-state index is 3.75. The molecular formula is C13H25N. The minimum Gasteiger partial charge on any atom is -0.314 e. The number of nitrogens with one attached hydrogen (secondary N) is 1. The van der Waals surface area contributed by atoms with Gasteiger partial charge in [-0.3, -0.25) is 0 Å². The Morgan fingerprint density at radius 2 is 1.71 bits per heavy atom. The molecule has 14 heavy (non-hydrogen) atoms. The Morgan fingerprint density at radius 3 is 2.29 bits per heavy atom. The minimum absolute atomic E-state index is 0.774. The first-order chi connectivity index (χ1) is 6.86. The van der Waals surface area contributed by atoms with E-state index in [2.05, 4.69) is 12.2 Å². The SMILES string of the molecule is CC(NCC1CCC1)C1CCCCC1. The van der Waals surface area contributed by atoms with E-state index < -0.39 is 0 Å². The summed E-state index contributed by atoms with van der Waals surface area (Å²) in [6, 6.07) is 0.774. The third kappa shape index (κ3) is 2.73. The molecule has 82 valence electrons. The molecule has 1 unspecified atom stereocenters. The van der Waals surface area contributed by atoms with Gasteiger partial charge in [0.1, 0.15) is 0 Å². The van der Waals surface area contributed by atoms with Crippen molar-refractivity contribution in [3.8, 4) is 0 Å². The predicted octanol–water partition coefficient (Wildman–Crippen LogP) is 3.34. The van der Waals surface area contributed by atoms with Crippen LogP contribution in [0.3, 0.4) is 0 Å². The molecule has 0 aliphatic heterocycles. The average Bonchev–Trinajstić information content (AvgIpc) is 2.16. The molecule has 0 amide bonds. The van der Waals surface area contributed by atoms with E-state index in [1.54, 1.807) is 0 Å². The van der Waals surface area contributed by atoms with Gasteiger partial charge >= 0.3 is 0 Å². The smallest absolute Gasteiger partial charge is 0.00671 e. The van der Waals surface area contributed by atoms with Crippen LogP contribution in [-0.4, -0.2) is 12.6 Å². The van der Waals surface area contributed by atoms with Crippen LogP contribution >= 0.6 is 0 Å². The van der Waals surface area contributed by atoms with Gasteiger partial charge < -0.3 is 5.32 Å². The topological polar surface area (TPSA) is 12.0 Å². The molecule has 0 bridgehead atoms. The van der Waals surface area contributed by atoms with Crippen molar-refractivity contribution >= 4 is 0 Å². The molecule has 0 saturated heterocycles. The van der Waals surface area contributed by atoms with E-state index in [-0.39, 0.29) is 0 Å². The standard InChI is InChI=1S/C13H25N/c1-11(13-8-3-2-4-9-13)14-10-12-6-5-7-12/h11-14H,2-10H2,1H3. The van der Waals surface area contributed by atoms with E-state index in [9.17, 15) is 0 Å². The summed E-state index contributed by atoms with van der Waals surface area (Å²) >= 11 is 0. The van der Waals surface area contributed by atoms with Crippen LogP contribution in [0.5, 0.6) is 0 Å². The Kier molecular flexibility index (Phi) is 3.86. The van der Waals surface area contributed by atoms with Gasteiger partial charge in [0.15, 0.2) is 0 Å². The minimum atomic E-state index is 0.774. The van der Waals surface area contributed by atoms with Crippen LogP contribution in [0.2, 0.25) is 0 Å². The molecule has 2 fully saturated rings. The highest BCUT2D eigenvalue weighted by Gasteiger charge is 2.22. The summed E-state index contributed by atoms with van der Waals surface area (Å²) in [5, 5.41) is 3.75. The van der Waals surface area contributed by atoms with Gasteiger partial charge in [0.25, 0.3) is 0 Å². The molecule has 0 aromatic rings. The Balaban J connectivity index is 1.62. The second kappa shape index (κ2) is 5.16. The summed E-state index contributed by atoms with van der Waals surface area (Å²) in [7, 11) is 0. The van der Waals surface area contributed by atoms with Crippen molar-refractivity contribution < 1.29 is 0 Å². The van der Waals surface area contributed by atoms with Gasteiger partial charge in [-0.2, -0.15) is 0 Å². The van der Waals surface area contributed by atoms with Crippen molar-refractivity contribution in [2.75, 3.05) is 6.54 Å². The molecule has 2 aliphatic carbocycles. The van der Waals surface area contributed by atoms with Crippen LogP contribution in [-0.2, 0) is 0 Å². The number of hydrogen-bond donors (Lipinski definition) is 1. The molecule has 0 aromatic heterocycles. The summed E-state index contributed by atoms with van der Waals surface area (Å²) in [5.74, 6) is 1.99. The maximum Gasteiger partial charge on any atom is 0.00671 e. The summed E-state index contributed by atoms with van der Waals surface area (Å²) in [4.78, 5) is 0. The zero-order chi connectivity index (χ0) is 9.80. The van der Waals surface area contributed by atoms with Crippen LogP contribution in [0.25, 0.3) is 0 Å². The van der Waals surface area contributed by atoms with Crippen molar-refractivity contribution in [1.82, 2.24) is 5.32 Å². The highest BCUT2D eigenvalue weighted by Crippen LogP contribution is 2.28. The van der Waals surface area contributed by atoms with E-state index in [0.29, 0.717) is 0 Å². The molecule has 1 atom stereocenters. The van der Waals surface area contributed by atoms with Crippen molar-refractivity contribution in [2.24, 2.45) is 11.8 Å². The van der Waals surface area contributed by atoms with Crippen LogP contribution < -0.4 is 5.32 Å². The molecule has 1 nitrogen and oxygen atoms in total. The molecule has 0 radical (unpaired) electrons. The Labute approximate surface area is 88.7 Å². The Bertz CT molecular complexity index is 157. The lowest BCUT2D eigenvalue weighted by molar-refractivity contribution is 0.241. The van der Waals surface area contributed by atoms with Gasteiger partial charge in [0.05, 0.1) is 0 Å². The van der Waals surface area contributed by atoms with Crippen molar-refractivity contribution in [3.63, 3.8) is 0 Å². The fraction of sp³-hybridized carbons (Fsp3) is 1.00. The summed E-state index contributed by atoms with van der Waals surface area (Å²) in [5.41, 5.74) is 0. The van der Waals surface area contributed by atoms with Crippen molar-refractivity contribution in [2.45, 2.75) is 64.3 Å². The normalized spacial score (nSPS) is 27.2. The van der Waals surface area contributed by atoms with Crippen LogP contribution in [0, 0.1) is 11.8 Å². The molecule has 0 aromatic carbocycles. The highest BCUT2D eigenvalue weighted by atomic mass is 14.9. The largest absolute Gasteiger partial charge is 0.314 e. The van der Waals surface area contributed by atoms with E-state index in [1.165, 1.54) is 57.9 Å². The summed E-state index contributed by atoms with van der Waals surface area (Å²) in [6.45, 7) is 3.69. The van der Waals surface area contributed by atoms with Crippen LogP contribution in [0.1, 0.15) is 58.3 Å². The van der Waals surface area contributed by atoms with Gasteiger partial charge in [-0.05, 0) is 51.0 Å². The monoisotopic (exact) mass is 195 g/mol. The Morgan fingerprint density at radius 1 is 1.00 bits per heavy atom. The van der Waals surface area contributed by atoms with Gasteiger partial charge in [-0.25, -0.2) is 0 Å². The van der Waals surface area contributed by atoms with Crippen molar-refractivity contribution in [1.29, 1.82) is 0 Å². The highest BCUT2D eigenvalue weighted by molar-refractivity contribution is 4.79. The fourth-order valence-corrected chi connectivity index (χ4v) is 2.85. The lowest BCUT2D eigenvalue weighted by Crippen LogP contribution is -2.39. The predicted molar refractivity (Wildman–Crippen MR) is 61.4 cm³/mol. The number of rotatable bonds is 4. The second-order valence-corrected chi connectivity index (χ2v) is 5.39. The van der Waals surface area contributed by atoms with Gasteiger partial charge in [-0.1, -0.05) is 25.7 Å². The first-order valence-corrected chi connectivity index (χ1v) is 6.59. The molecule has 0 heterocycles. The third-order valence-corrected chi connectivity index (χ3v) is 4.31. The van der Waals surface area contributed by atoms with E-state index in [0.717, 1.165) is 17.9 Å². The quantitative estimate of drug-likeness (QED) is 0.725. The third-order valence-electron chi connectivity index (χ3n) is 4.31. The zero-order valence-corrected chi connectivity index (χ0v) is 9.60. The molecule has 1 N–H and O–H groups in total. The summed E-state index contributed by atoms with van der Waals surface area (Å²) in [6.07, 6.45) is 11.8. The average molecular weight is 195 g/mol. The van der Waals surface area contributed by atoms with Crippen LogP contribution in [0.15, 0.2) is 0 Å². The number of hydrogen-bond acceptors (Lipinski definition) is 1. The van der Waals surface area contributed by atoms with Gasteiger partial charge in [0.2, 0.25) is 0 Å².